The number of rotatable bonds is 7. The molecule has 1 aromatic heterocycles. The predicted molar refractivity (Wildman–Crippen MR) is 112 cm³/mol. The van der Waals surface area contributed by atoms with Crippen molar-refractivity contribution in [3.8, 4) is 0 Å². The molecule has 0 saturated carbocycles. The van der Waals surface area contributed by atoms with Gasteiger partial charge in [-0.25, -0.2) is 4.98 Å². The van der Waals surface area contributed by atoms with Crippen molar-refractivity contribution in [1.29, 1.82) is 0 Å². The second-order valence-corrected chi connectivity index (χ2v) is 7.84. The fourth-order valence-electron chi connectivity index (χ4n) is 2.10. The highest BCUT2D eigenvalue weighted by Gasteiger charge is 2.07. The standard InChI is InChI=1S/C18H24BrN5OS/c1-12(2)15-11-26-17(24-15)10-22-18(20-3)21-9-8-16(25)23-14-6-4-13(19)5-7-14/h4-7,11-12H,8-10H2,1-3H3,(H,23,25)(H2,20,21,22). The van der Waals surface area contributed by atoms with Crippen LogP contribution in [0.3, 0.4) is 0 Å². The molecular formula is C18H24BrN5OS. The number of benzene rings is 1. The minimum Gasteiger partial charge on any atom is -0.356 e. The van der Waals surface area contributed by atoms with Crippen LogP contribution in [0.2, 0.25) is 0 Å². The number of amides is 1. The van der Waals surface area contributed by atoms with Gasteiger partial charge in [0.2, 0.25) is 5.91 Å². The molecule has 26 heavy (non-hydrogen) atoms. The number of aromatic nitrogens is 1. The van der Waals surface area contributed by atoms with E-state index in [1.165, 1.54) is 0 Å². The molecule has 2 aromatic rings. The molecule has 1 amide bonds. The summed E-state index contributed by atoms with van der Waals surface area (Å²) >= 11 is 5.01. The van der Waals surface area contributed by atoms with Gasteiger partial charge in [-0.15, -0.1) is 11.3 Å². The van der Waals surface area contributed by atoms with Gasteiger partial charge in [0.15, 0.2) is 5.96 Å². The van der Waals surface area contributed by atoms with Gasteiger partial charge in [-0.3, -0.25) is 9.79 Å². The Morgan fingerprint density at radius 1 is 1.27 bits per heavy atom. The van der Waals surface area contributed by atoms with Crippen LogP contribution >= 0.6 is 27.3 Å². The highest BCUT2D eigenvalue weighted by atomic mass is 79.9. The summed E-state index contributed by atoms with van der Waals surface area (Å²) in [5, 5.41) is 12.3. The summed E-state index contributed by atoms with van der Waals surface area (Å²) in [7, 11) is 1.71. The molecule has 8 heteroatoms. The summed E-state index contributed by atoms with van der Waals surface area (Å²) in [6.45, 7) is 5.37. The van der Waals surface area contributed by atoms with Crippen LogP contribution in [-0.4, -0.2) is 30.4 Å². The molecule has 0 radical (unpaired) electrons. The first kappa shape index (κ1) is 20.4. The number of hydrogen-bond acceptors (Lipinski definition) is 4. The number of aliphatic imine (C=N–C) groups is 1. The molecule has 0 aliphatic carbocycles. The summed E-state index contributed by atoms with van der Waals surface area (Å²) in [5.74, 6) is 1.04. The number of carbonyl (C=O) groups excluding carboxylic acids is 1. The monoisotopic (exact) mass is 437 g/mol. The average molecular weight is 438 g/mol. The molecule has 1 aromatic carbocycles. The van der Waals surface area contributed by atoms with Crippen LogP contribution < -0.4 is 16.0 Å². The van der Waals surface area contributed by atoms with Crippen LogP contribution in [0, 0.1) is 0 Å². The Hall–Kier alpha value is -1.93. The molecule has 2 rings (SSSR count). The quantitative estimate of drug-likeness (QED) is 0.455. The molecule has 0 spiro atoms. The van der Waals surface area contributed by atoms with E-state index in [1.54, 1.807) is 18.4 Å². The molecule has 6 nitrogen and oxygen atoms in total. The lowest BCUT2D eigenvalue weighted by Crippen LogP contribution is -2.38. The number of carbonyl (C=O) groups is 1. The summed E-state index contributed by atoms with van der Waals surface area (Å²) in [5.41, 5.74) is 1.89. The number of halogens is 1. The van der Waals surface area contributed by atoms with E-state index in [0.29, 0.717) is 31.4 Å². The summed E-state index contributed by atoms with van der Waals surface area (Å²) in [4.78, 5) is 20.7. The lowest BCUT2D eigenvalue weighted by Gasteiger charge is -2.11. The Kier molecular flexibility index (Phi) is 8.06. The van der Waals surface area contributed by atoms with Gasteiger partial charge in [-0.2, -0.15) is 0 Å². The van der Waals surface area contributed by atoms with Crippen molar-refractivity contribution in [2.45, 2.75) is 32.7 Å². The molecule has 0 saturated heterocycles. The van der Waals surface area contributed by atoms with Gasteiger partial charge in [0, 0.05) is 35.6 Å². The van der Waals surface area contributed by atoms with Crippen molar-refractivity contribution in [3.05, 3.63) is 44.8 Å². The van der Waals surface area contributed by atoms with Gasteiger partial charge < -0.3 is 16.0 Å². The predicted octanol–water partition coefficient (Wildman–Crippen LogP) is 3.72. The van der Waals surface area contributed by atoms with Gasteiger partial charge in [0.25, 0.3) is 0 Å². The SMILES string of the molecule is CN=C(NCCC(=O)Nc1ccc(Br)cc1)NCc1nc(C(C)C)cs1. The van der Waals surface area contributed by atoms with Crippen molar-refractivity contribution < 1.29 is 4.79 Å². The van der Waals surface area contributed by atoms with Crippen LogP contribution in [0.1, 0.15) is 36.9 Å². The van der Waals surface area contributed by atoms with E-state index >= 15 is 0 Å². The zero-order valence-corrected chi connectivity index (χ0v) is 17.6. The number of nitrogens with zero attached hydrogens (tertiary/aromatic N) is 2. The number of hydrogen-bond donors (Lipinski definition) is 3. The second kappa shape index (κ2) is 10.3. The minimum absolute atomic E-state index is 0.0447. The van der Waals surface area contributed by atoms with Crippen molar-refractivity contribution >= 4 is 44.8 Å². The first-order chi connectivity index (χ1) is 12.5. The van der Waals surface area contributed by atoms with E-state index in [9.17, 15) is 4.79 Å². The fraction of sp³-hybridized carbons (Fsp3) is 0.389. The third kappa shape index (κ3) is 6.76. The van der Waals surface area contributed by atoms with E-state index in [2.05, 4.69) is 61.1 Å². The van der Waals surface area contributed by atoms with Crippen molar-refractivity contribution in [3.63, 3.8) is 0 Å². The van der Waals surface area contributed by atoms with E-state index in [-0.39, 0.29) is 5.91 Å². The van der Waals surface area contributed by atoms with Gasteiger partial charge in [0.05, 0.1) is 12.2 Å². The Balaban J connectivity index is 1.70. The third-order valence-corrected chi connectivity index (χ3v) is 4.96. The Morgan fingerprint density at radius 2 is 2.00 bits per heavy atom. The van der Waals surface area contributed by atoms with E-state index < -0.39 is 0 Å². The second-order valence-electron chi connectivity index (χ2n) is 5.98. The summed E-state index contributed by atoms with van der Waals surface area (Å²) < 4.78 is 0.979. The maximum absolute atomic E-state index is 12.0. The number of guanidine groups is 1. The lowest BCUT2D eigenvalue weighted by atomic mass is 10.2. The van der Waals surface area contributed by atoms with E-state index in [0.717, 1.165) is 20.9 Å². The number of anilines is 1. The lowest BCUT2D eigenvalue weighted by molar-refractivity contribution is -0.116. The van der Waals surface area contributed by atoms with Crippen molar-refractivity contribution in [2.24, 2.45) is 4.99 Å². The Bertz CT molecular complexity index is 742. The van der Waals surface area contributed by atoms with Crippen molar-refractivity contribution in [2.75, 3.05) is 18.9 Å². The maximum Gasteiger partial charge on any atom is 0.226 e. The van der Waals surface area contributed by atoms with Gasteiger partial charge in [-0.1, -0.05) is 29.8 Å². The van der Waals surface area contributed by atoms with Gasteiger partial charge >= 0.3 is 0 Å². The summed E-state index contributed by atoms with van der Waals surface area (Å²) in [6, 6.07) is 7.50. The summed E-state index contributed by atoms with van der Waals surface area (Å²) in [6.07, 6.45) is 0.353. The molecule has 3 N–H and O–H groups in total. The molecule has 0 unspecified atom stereocenters. The molecule has 0 atom stereocenters. The molecule has 0 bridgehead atoms. The zero-order valence-electron chi connectivity index (χ0n) is 15.2. The third-order valence-electron chi connectivity index (χ3n) is 3.56. The zero-order chi connectivity index (χ0) is 18.9. The average Bonchev–Trinajstić information content (AvgIpc) is 3.09. The molecule has 1 heterocycles. The van der Waals surface area contributed by atoms with E-state index in [4.69, 9.17) is 0 Å². The molecule has 140 valence electrons. The van der Waals surface area contributed by atoms with Crippen LogP contribution in [0.15, 0.2) is 39.1 Å². The topological polar surface area (TPSA) is 78.4 Å². The minimum atomic E-state index is -0.0447. The molecule has 0 aliphatic rings. The van der Waals surface area contributed by atoms with Crippen molar-refractivity contribution in [1.82, 2.24) is 15.6 Å². The van der Waals surface area contributed by atoms with Crippen LogP contribution in [0.4, 0.5) is 5.69 Å². The highest BCUT2D eigenvalue weighted by Crippen LogP contribution is 2.17. The first-order valence-corrected chi connectivity index (χ1v) is 10.1. The van der Waals surface area contributed by atoms with Crippen LogP contribution in [0.25, 0.3) is 0 Å². The molecular weight excluding hydrogens is 414 g/mol. The molecule has 0 aliphatic heterocycles. The maximum atomic E-state index is 12.0. The highest BCUT2D eigenvalue weighted by molar-refractivity contribution is 9.10. The molecule has 0 fully saturated rings. The van der Waals surface area contributed by atoms with Crippen LogP contribution in [0.5, 0.6) is 0 Å². The Labute approximate surface area is 166 Å². The normalized spacial score (nSPS) is 11.5. The number of nitrogens with one attached hydrogen (secondary N) is 3. The largest absolute Gasteiger partial charge is 0.356 e. The Morgan fingerprint density at radius 3 is 2.62 bits per heavy atom. The van der Waals surface area contributed by atoms with Gasteiger partial charge in [-0.05, 0) is 30.2 Å². The fourth-order valence-corrected chi connectivity index (χ4v) is 3.26. The van der Waals surface area contributed by atoms with E-state index in [1.807, 2.05) is 24.3 Å². The first-order valence-electron chi connectivity index (χ1n) is 8.42. The number of thiazole rings is 1. The van der Waals surface area contributed by atoms with Crippen LogP contribution in [-0.2, 0) is 11.3 Å². The smallest absolute Gasteiger partial charge is 0.226 e. The van der Waals surface area contributed by atoms with Gasteiger partial charge in [0.1, 0.15) is 5.01 Å².